The summed E-state index contributed by atoms with van der Waals surface area (Å²) in [7, 11) is 1.28. The Kier molecular flexibility index (Phi) is 9.96. The van der Waals surface area contributed by atoms with Crippen LogP contribution in [0, 0.1) is 29.1 Å². The van der Waals surface area contributed by atoms with Crippen molar-refractivity contribution in [3.63, 3.8) is 0 Å². The van der Waals surface area contributed by atoms with Crippen LogP contribution in [0.1, 0.15) is 68.4 Å². The fourth-order valence-electron chi connectivity index (χ4n) is 4.56. The quantitative estimate of drug-likeness (QED) is 0.398. The highest BCUT2D eigenvalue weighted by Gasteiger charge is 2.38. The molecule has 0 radical (unpaired) electrons. The predicted octanol–water partition coefficient (Wildman–Crippen LogP) is 3.49. The van der Waals surface area contributed by atoms with E-state index in [4.69, 9.17) is 14.2 Å². The van der Waals surface area contributed by atoms with Crippen molar-refractivity contribution >= 4 is 40.8 Å². The minimum Gasteiger partial charge on any atom is -0.465 e. The Labute approximate surface area is 228 Å². The molecule has 208 valence electrons. The summed E-state index contributed by atoms with van der Waals surface area (Å²) in [6.45, 7) is 10.8. The van der Waals surface area contributed by atoms with Crippen LogP contribution in [0.5, 0.6) is 0 Å². The molecule has 3 atom stereocenters. The molecule has 1 aromatic heterocycles. The summed E-state index contributed by atoms with van der Waals surface area (Å²) in [4.78, 5) is 55.7. The van der Waals surface area contributed by atoms with E-state index >= 15 is 0 Å². The maximum absolute atomic E-state index is 14.1. The topological polar surface area (TPSA) is 102 Å². The molecule has 1 unspecified atom stereocenters. The van der Waals surface area contributed by atoms with Gasteiger partial charge in [-0.3, -0.25) is 14.4 Å². The minimum absolute atomic E-state index is 0.123. The SMILES string of the molecule is COC(=O)c1sc(C#CC(C)(C)C)cc1N(CC(=O)N1CCOCC1)C(=O)[C@@H]1CC[C@@H](C)C(OC(C)=O)C1. The summed E-state index contributed by atoms with van der Waals surface area (Å²) >= 11 is 1.14. The lowest BCUT2D eigenvalue weighted by Gasteiger charge is -2.36. The van der Waals surface area contributed by atoms with Crippen molar-refractivity contribution in [3.05, 3.63) is 15.8 Å². The second kappa shape index (κ2) is 12.8. The standard InChI is InChI=1S/C28H38N2O7S/c1-18-7-8-20(15-23(18)37-19(2)31)26(33)30(17-24(32)29-11-13-36-14-12-29)22-16-21(9-10-28(3,4)5)38-25(22)27(34)35-6/h16,18,20,23H,7-8,11-15,17H2,1-6H3/t18-,20-,23?/m1/s1. The predicted molar refractivity (Wildman–Crippen MR) is 144 cm³/mol. The number of carbonyl (C=O) groups is 4. The number of hydrogen-bond donors (Lipinski definition) is 0. The monoisotopic (exact) mass is 546 g/mol. The third kappa shape index (κ3) is 7.81. The molecule has 2 amide bonds. The fraction of sp³-hybridized carbons (Fsp3) is 0.643. The van der Waals surface area contributed by atoms with Gasteiger partial charge in [-0.1, -0.05) is 18.8 Å². The highest BCUT2D eigenvalue weighted by atomic mass is 32.1. The molecule has 10 heteroatoms. The largest absolute Gasteiger partial charge is 0.465 e. The minimum atomic E-state index is -0.597. The average Bonchev–Trinajstić information content (AvgIpc) is 3.30. The summed E-state index contributed by atoms with van der Waals surface area (Å²) in [5.41, 5.74) is 0.0522. The van der Waals surface area contributed by atoms with Gasteiger partial charge in [-0.05, 0) is 52.0 Å². The molecule has 1 aromatic rings. The van der Waals surface area contributed by atoms with Crippen LogP contribution in [-0.4, -0.2) is 74.7 Å². The molecule has 0 spiro atoms. The summed E-state index contributed by atoms with van der Waals surface area (Å²) in [6, 6.07) is 1.69. The van der Waals surface area contributed by atoms with Gasteiger partial charge in [0, 0.05) is 31.3 Å². The molecule has 1 saturated heterocycles. The van der Waals surface area contributed by atoms with E-state index in [0.29, 0.717) is 56.1 Å². The number of ether oxygens (including phenoxy) is 3. The van der Waals surface area contributed by atoms with E-state index in [9.17, 15) is 19.2 Å². The summed E-state index contributed by atoms with van der Waals surface area (Å²) < 4.78 is 15.9. The fourth-order valence-corrected chi connectivity index (χ4v) is 5.50. The Hall–Kier alpha value is -2.90. The van der Waals surface area contributed by atoms with E-state index in [0.717, 1.165) is 11.3 Å². The maximum atomic E-state index is 14.1. The van der Waals surface area contributed by atoms with Gasteiger partial charge in [0.1, 0.15) is 17.5 Å². The number of nitrogens with zero attached hydrogens (tertiary/aromatic N) is 2. The number of rotatable bonds is 6. The molecule has 0 N–H and O–H groups in total. The summed E-state index contributed by atoms with van der Waals surface area (Å²) in [6.07, 6.45) is 1.27. The van der Waals surface area contributed by atoms with Crippen molar-refractivity contribution in [2.24, 2.45) is 17.3 Å². The Balaban J connectivity index is 2.00. The highest BCUT2D eigenvalue weighted by Crippen LogP contribution is 2.36. The van der Waals surface area contributed by atoms with Gasteiger partial charge in [0.15, 0.2) is 0 Å². The van der Waals surface area contributed by atoms with Crippen molar-refractivity contribution in [1.82, 2.24) is 4.90 Å². The van der Waals surface area contributed by atoms with Crippen molar-refractivity contribution in [1.29, 1.82) is 0 Å². The van der Waals surface area contributed by atoms with Crippen LogP contribution in [0.3, 0.4) is 0 Å². The van der Waals surface area contributed by atoms with Crippen molar-refractivity contribution in [3.8, 4) is 11.8 Å². The molecule has 2 heterocycles. The molecule has 0 aromatic carbocycles. The molecule has 2 aliphatic rings. The van der Waals surface area contributed by atoms with Crippen molar-refractivity contribution in [2.75, 3.05) is 44.9 Å². The normalized spacial score (nSPS) is 21.6. The van der Waals surface area contributed by atoms with Crippen LogP contribution in [0.2, 0.25) is 0 Å². The lowest BCUT2D eigenvalue weighted by atomic mass is 9.80. The van der Waals surface area contributed by atoms with Gasteiger partial charge < -0.3 is 24.0 Å². The molecular weight excluding hydrogens is 508 g/mol. The van der Waals surface area contributed by atoms with Crippen molar-refractivity contribution < 1.29 is 33.4 Å². The number of carbonyl (C=O) groups excluding carboxylic acids is 4. The van der Waals surface area contributed by atoms with E-state index < -0.39 is 11.9 Å². The Morgan fingerprint density at radius 2 is 1.87 bits per heavy atom. The molecule has 3 rings (SSSR count). The van der Waals surface area contributed by atoms with Gasteiger partial charge in [0.25, 0.3) is 0 Å². The van der Waals surface area contributed by atoms with Gasteiger partial charge in [-0.15, -0.1) is 11.3 Å². The Morgan fingerprint density at radius 1 is 1.18 bits per heavy atom. The van der Waals surface area contributed by atoms with Crippen LogP contribution < -0.4 is 4.90 Å². The second-order valence-corrected chi connectivity index (χ2v) is 11.9. The molecule has 1 saturated carbocycles. The van der Waals surface area contributed by atoms with Gasteiger partial charge in [-0.25, -0.2) is 4.79 Å². The summed E-state index contributed by atoms with van der Waals surface area (Å²) in [5, 5.41) is 0. The van der Waals surface area contributed by atoms with Gasteiger partial charge in [0.05, 0.1) is 30.9 Å². The van der Waals surface area contributed by atoms with Crippen LogP contribution >= 0.6 is 11.3 Å². The first kappa shape index (κ1) is 29.7. The van der Waals surface area contributed by atoms with E-state index in [-0.39, 0.29) is 46.6 Å². The zero-order valence-corrected chi connectivity index (χ0v) is 23.9. The van der Waals surface area contributed by atoms with Gasteiger partial charge in [-0.2, -0.15) is 0 Å². The van der Waals surface area contributed by atoms with E-state index in [1.165, 1.54) is 18.9 Å². The number of amides is 2. The van der Waals surface area contributed by atoms with Crippen LogP contribution in [0.4, 0.5) is 5.69 Å². The number of esters is 2. The molecule has 1 aliphatic heterocycles. The van der Waals surface area contributed by atoms with E-state index in [1.54, 1.807) is 11.0 Å². The zero-order chi connectivity index (χ0) is 28.0. The first-order valence-electron chi connectivity index (χ1n) is 13.0. The molecule has 38 heavy (non-hydrogen) atoms. The van der Waals surface area contributed by atoms with E-state index in [2.05, 4.69) is 11.8 Å². The maximum Gasteiger partial charge on any atom is 0.350 e. The average molecular weight is 547 g/mol. The first-order valence-corrected chi connectivity index (χ1v) is 13.8. The third-order valence-corrected chi connectivity index (χ3v) is 7.67. The number of morpholine rings is 1. The lowest BCUT2D eigenvalue weighted by molar-refractivity contribution is -0.153. The lowest BCUT2D eigenvalue weighted by Crippen LogP contribution is -2.49. The molecule has 9 nitrogen and oxygen atoms in total. The number of hydrogen-bond acceptors (Lipinski definition) is 8. The molecule has 1 aliphatic carbocycles. The zero-order valence-electron chi connectivity index (χ0n) is 23.1. The Morgan fingerprint density at radius 3 is 2.47 bits per heavy atom. The van der Waals surface area contributed by atoms with Crippen LogP contribution in [0.25, 0.3) is 0 Å². The summed E-state index contributed by atoms with van der Waals surface area (Å²) in [5.74, 6) is 4.41. The van der Waals surface area contributed by atoms with Gasteiger partial charge in [0.2, 0.25) is 11.8 Å². The first-order chi connectivity index (χ1) is 17.9. The van der Waals surface area contributed by atoms with E-state index in [1.807, 2.05) is 27.7 Å². The van der Waals surface area contributed by atoms with Crippen LogP contribution in [-0.2, 0) is 28.6 Å². The molecule has 0 bridgehead atoms. The second-order valence-electron chi connectivity index (χ2n) is 10.9. The number of thiophene rings is 1. The number of anilines is 1. The molecule has 2 fully saturated rings. The van der Waals surface area contributed by atoms with Gasteiger partial charge >= 0.3 is 11.9 Å². The van der Waals surface area contributed by atoms with Crippen molar-refractivity contribution in [2.45, 2.75) is 60.0 Å². The third-order valence-electron chi connectivity index (χ3n) is 6.65. The molecular formula is C28H38N2O7S. The smallest absolute Gasteiger partial charge is 0.350 e. The van der Waals surface area contributed by atoms with Crippen LogP contribution in [0.15, 0.2) is 6.07 Å². The Bertz CT molecular complexity index is 1100. The number of methoxy groups -OCH3 is 1. The highest BCUT2D eigenvalue weighted by molar-refractivity contribution is 7.15.